The van der Waals surface area contributed by atoms with E-state index < -0.39 is 0 Å². The highest BCUT2D eigenvalue weighted by Crippen LogP contribution is 2.28. The van der Waals surface area contributed by atoms with Crippen molar-refractivity contribution < 1.29 is 9.53 Å². The average molecular weight is 472 g/mol. The molecule has 2 rings (SSSR count). The van der Waals surface area contributed by atoms with E-state index in [1.54, 1.807) is 0 Å². The fourth-order valence-electron chi connectivity index (χ4n) is 4.88. The normalized spacial score (nSPS) is 20.1. The lowest BCUT2D eigenvalue weighted by Crippen LogP contribution is -2.46. The molecule has 0 bridgehead atoms. The Morgan fingerprint density at radius 1 is 1.15 bits per heavy atom. The van der Waals surface area contributed by atoms with E-state index in [4.69, 9.17) is 4.74 Å². The van der Waals surface area contributed by atoms with Gasteiger partial charge in [0, 0.05) is 51.7 Å². The van der Waals surface area contributed by atoms with Crippen molar-refractivity contribution in [2.45, 2.75) is 65.1 Å². The number of alkyl carbamates (subject to hydrolysis) is 1. The summed E-state index contributed by atoms with van der Waals surface area (Å²) in [4.78, 5) is 25.8. The number of carbonyl (C=O) groups is 1. The lowest BCUT2D eigenvalue weighted by Gasteiger charge is -2.39. The summed E-state index contributed by atoms with van der Waals surface area (Å²) in [5.41, 5.74) is 2.12. The van der Waals surface area contributed by atoms with Gasteiger partial charge in [0.1, 0.15) is 6.61 Å². The zero-order valence-electron chi connectivity index (χ0n) is 21.9. The van der Waals surface area contributed by atoms with Crippen molar-refractivity contribution in [2.24, 2.45) is 15.9 Å². The van der Waals surface area contributed by atoms with Crippen LogP contribution in [0.25, 0.3) is 0 Å². The Kier molecular flexibility index (Phi) is 12.9. The molecule has 1 aliphatic rings. The number of aliphatic imine (C=N–C) groups is 2. The Morgan fingerprint density at radius 2 is 1.85 bits per heavy atom. The van der Waals surface area contributed by atoms with Gasteiger partial charge in [0.2, 0.25) is 0 Å². The summed E-state index contributed by atoms with van der Waals surface area (Å²) in [7, 11) is 3.70. The Balaban J connectivity index is 1.74. The van der Waals surface area contributed by atoms with Gasteiger partial charge in [-0.2, -0.15) is 0 Å². The minimum absolute atomic E-state index is 0.192. The number of nitrogens with one attached hydrogen (secondary N) is 1. The van der Waals surface area contributed by atoms with Gasteiger partial charge in [-0.05, 0) is 57.2 Å². The maximum absolute atomic E-state index is 12.0. The number of carbonyl (C=O) groups excluding carboxylic acids is 1. The molecule has 34 heavy (non-hydrogen) atoms. The van der Waals surface area contributed by atoms with Crippen LogP contribution >= 0.6 is 0 Å². The van der Waals surface area contributed by atoms with Crippen LogP contribution < -0.4 is 5.32 Å². The third-order valence-corrected chi connectivity index (χ3v) is 6.98. The third kappa shape index (κ3) is 9.18. The molecule has 0 spiro atoms. The zero-order valence-corrected chi connectivity index (χ0v) is 21.9. The van der Waals surface area contributed by atoms with Crippen LogP contribution in [0.5, 0.6) is 0 Å². The summed E-state index contributed by atoms with van der Waals surface area (Å²) >= 11 is 0. The molecule has 1 amide bonds. The van der Waals surface area contributed by atoms with Crippen LogP contribution in [0.2, 0.25) is 0 Å². The van der Waals surface area contributed by atoms with E-state index in [1.807, 2.05) is 50.6 Å². The SMILES string of the molecule is CCN(CCNC(=O)OCc1ccccc1)C1CCC(CN(CC)C(C=NC)C(C)=NC)CC1. The second-order valence-corrected chi connectivity index (χ2v) is 9.10. The first-order chi connectivity index (χ1) is 16.5. The number of ether oxygens (including phenoxy) is 1. The van der Waals surface area contributed by atoms with Gasteiger partial charge in [-0.3, -0.25) is 19.8 Å². The minimum atomic E-state index is -0.348. The summed E-state index contributed by atoms with van der Waals surface area (Å²) in [5.74, 6) is 0.707. The second-order valence-electron chi connectivity index (χ2n) is 9.10. The van der Waals surface area contributed by atoms with Crippen LogP contribution in [0.15, 0.2) is 40.3 Å². The predicted octanol–water partition coefficient (Wildman–Crippen LogP) is 4.28. The molecule has 1 aromatic rings. The Bertz CT molecular complexity index is 760. The topological polar surface area (TPSA) is 69.5 Å². The first kappa shape index (κ1) is 28.0. The standard InChI is InChI=1S/C27H45N5O2/c1-6-31(18-17-30-27(33)34-21-24-11-9-8-10-12-24)25-15-13-23(14-16-25)20-32(7-2)26(19-28-4)22(3)29-5/h8-12,19,23,25-26H,6-7,13-18,20-21H2,1-5H3,(H,30,33). The minimum Gasteiger partial charge on any atom is -0.445 e. The predicted molar refractivity (Wildman–Crippen MR) is 142 cm³/mol. The third-order valence-electron chi connectivity index (χ3n) is 6.98. The first-order valence-electron chi connectivity index (χ1n) is 12.8. The molecule has 0 saturated heterocycles. The molecule has 7 nitrogen and oxygen atoms in total. The van der Waals surface area contributed by atoms with Crippen molar-refractivity contribution in [2.75, 3.05) is 46.8 Å². The van der Waals surface area contributed by atoms with Gasteiger partial charge in [0.25, 0.3) is 0 Å². The largest absolute Gasteiger partial charge is 0.445 e. The molecule has 0 aromatic heterocycles. The highest BCUT2D eigenvalue weighted by atomic mass is 16.5. The summed E-state index contributed by atoms with van der Waals surface area (Å²) in [5, 5.41) is 2.91. The quantitative estimate of drug-likeness (QED) is 0.436. The van der Waals surface area contributed by atoms with Crippen LogP contribution in [0, 0.1) is 5.92 Å². The van der Waals surface area contributed by atoms with Gasteiger partial charge >= 0.3 is 6.09 Å². The maximum Gasteiger partial charge on any atom is 0.407 e. The van der Waals surface area contributed by atoms with Crippen LogP contribution in [-0.2, 0) is 11.3 Å². The maximum atomic E-state index is 12.0. The van der Waals surface area contributed by atoms with Crippen molar-refractivity contribution in [1.82, 2.24) is 15.1 Å². The Labute approximate surface area is 206 Å². The molecule has 1 aliphatic carbocycles. The number of benzene rings is 1. The van der Waals surface area contributed by atoms with Gasteiger partial charge in [-0.15, -0.1) is 0 Å². The summed E-state index contributed by atoms with van der Waals surface area (Å²) < 4.78 is 5.32. The van der Waals surface area contributed by atoms with E-state index in [9.17, 15) is 4.79 Å². The smallest absolute Gasteiger partial charge is 0.407 e. The summed E-state index contributed by atoms with van der Waals surface area (Å²) in [6.07, 6.45) is 6.57. The molecular weight excluding hydrogens is 426 g/mol. The Morgan fingerprint density at radius 3 is 2.44 bits per heavy atom. The first-order valence-corrected chi connectivity index (χ1v) is 12.8. The second kappa shape index (κ2) is 15.6. The average Bonchev–Trinajstić information content (AvgIpc) is 2.88. The number of nitrogens with zero attached hydrogens (tertiary/aromatic N) is 4. The van der Waals surface area contributed by atoms with Gasteiger partial charge < -0.3 is 10.1 Å². The van der Waals surface area contributed by atoms with E-state index in [0.29, 0.717) is 25.1 Å². The van der Waals surface area contributed by atoms with E-state index in [2.05, 4.69) is 45.9 Å². The van der Waals surface area contributed by atoms with Crippen molar-refractivity contribution in [1.29, 1.82) is 0 Å². The lowest BCUT2D eigenvalue weighted by atomic mass is 9.84. The fraction of sp³-hybridized carbons (Fsp3) is 0.667. The van der Waals surface area contributed by atoms with Crippen molar-refractivity contribution in [3.05, 3.63) is 35.9 Å². The molecular formula is C27H45N5O2. The van der Waals surface area contributed by atoms with Gasteiger partial charge in [-0.25, -0.2) is 4.79 Å². The van der Waals surface area contributed by atoms with E-state index in [0.717, 1.165) is 37.5 Å². The molecule has 1 fully saturated rings. The molecule has 1 aromatic carbocycles. The number of rotatable bonds is 13. The fourth-order valence-corrected chi connectivity index (χ4v) is 4.88. The van der Waals surface area contributed by atoms with Gasteiger partial charge in [0.05, 0.1) is 6.04 Å². The zero-order chi connectivity index (χ0) is 24.8. The molecule has 1 saturated carbocycles. The molecule has 0 aliphatic heterocycles. The van der Waals surface area contributed by atoms with Gasteiger partial charge in [-0.1, -0.05) is 44.2 Å². The molecule has 1 atom stereocenters. The van der Waals surface area contributed by atoms with Crippen LogP contribution in [-0.4, -0.2) is 86.7 Å². The molecule has 1 unspecified atom stereocenters. The molecule has 1 N–H and O–H groups in total. The van der Waals surface area contributed by atoms with Crippen molar-refractivity contribution in [3.8, 4) is 0 Å². The van der Waals surface area contributed by atoms with E-state index >= 15 is 0 Å². The van der Waals surface area contributed by atoms with E-state index in [-0.39, 0.29) is 12.1 Å². The molecule has 0 radical (unpaired) electrons. The summed E-state index contributed by atoms with van der Waals surface area (Å²) in [6, 6.07) is 10.5. The lowest BCUT2D eigenvalue weighted by molar-refractivity contribution is 0.118. The number of likely N-dealkylation sites (N-methyl/N-ethyl adjacent to an activating group) is 1. The number of hydrogen-bond acceptors (Lipinski definition) is 6. The highest BCUT2D eigenvalue weighted by Gasteiger charge is 2.28. The van der Waals surface area contributed by atoms with Crippen LogP contribution in [0.4, 0.5) is 4.79 Å². The van der Waals surface area contributed by atoms with Gasteiger partial charge in [0.15, 0.2) is 0 Å². The molecule has 190 valence electrons. The summed E-state index contributed by atoms with van der Waals surface area (Å²) in [6.45, 7) is 11.4. The number of hydrogen-bond donors (Lipinski definition) is 1. The monoisotopic (exact) mass is 471 g/mol. The Hall–Kier alpha value is -2.25. The van der Waals surface area contributed by atoms with Crippen LogP contribution in [0.1, 0.15) is 52.0 Å². The highest BCUT2D eigenvalue weighted by molar-refractivity contribution is 6.01. The van der Waals surface area contributed by atoms with Crippen molar-refractivity contribution >= 4 is 18.0 Å². The van der Waals surface area contributed by atoms with Crippen molar-refractivity contribution in [3.63, 3.8) is 0 Å². The van der Waals surface area contributed by atoms with Crippen LogP contribution in [0.3, 0.4) is 0 Å². The number of amides is 1. The molecule has 0 heterocycles. The van der Waals surface area contributed by atoms with E-state index in [1.165, 1.54) is 25.7 Å². The molecule has 7 heteroatoms.